The fourth-order valence-electron chi connectivity index (χ4n) is 3.39. The van der Waals surface area contributed by atoms with Gasteiger partial charge in [0.2, 0.25) is 5.91 Å². The highest BCUT2D eigenvalue weighted by Crippen LogP contribution is 2.24. The summed E-state index contributed by atoms with van der Waals surface area (Å²) in [5.74, 6) is -0.0232. The van der Waals surface area contributed by atoms with Crippen LogP contribution in [0.1, 0.15) is 25.3 Å². The summed E-state index contributed by atoms with van der Waals surface area (Å²) in [4.78, 5) is 16.9. The molecule has 0 aromatic heterocycles. The molecule has 3 rings (SSSR count). The molecule has 0 saturated carbocycles. The Balaban J connectivity index is 1.70. The lowest BCUT2D eigenvalue weighted by atomic mass is 10.1. The molecule has 0 aliphatic carbocycles. The second-order valence-corrected chi connectivity index (χ2v) is 6.18. The SMILES string of the molecule is CC1COCCN1C(=O)C1CCCN1Cc1ccccc1F. The van der Waals surface area contributed by atoms with E-state index in [9.17, 15) is 9.18 Å². The number of halogens is 1. The quantitative estimate of drug-likeness (QED) is 0.857. The van der Waals surface area contributed by atoms with Crippen molar-refractivity contribution in [3.63, 3.8) is 0 Å². The van der Waals surface area contributed by atoms with E-state index >= 15 is 0 Å². The van der Waals surface area contributed by atoms with Crippen molar-refractivity contribution in [3.05, 3.63) is 35.6 Å². The Kier molecular flexibility index (Phi) is 4.74. The van der Waals surface area contributed by atoms with Crippen LogP contribution >= 0.6 is 0 Å². The molecule has 2 heterocycles. The first-order chi connectivity index (χ1) is 10.7. The maximum Gasteiger partial charge on any atom is 0.240 e. The molecular formula is C17H23FN2O2. The van der Waals surface area contributed by atoms with Crippen LogP contribution in [0.25, 0.3) is 0 Å². The van der Waals surface area contributed by atoms with Gasteiger partial charge in [-0.3, -0.25) is 9.69 Å². The van der Waals surface area contributed by atoms with Crippen molar-refractivity contribution < 1.29 is 13.9 Å². The van der Waals surface area contributed by atoms with Crippen molar-refractivity contribution in [3.8, 4) is 0 Å². The second kappa shape index (κ2) is 6.75. The van der Waals surface area contributed by atoms with Crippen molar-refractivity contribution in [2.75, 3.05) is 26.3 Å². The lowest BCUT2D eigenvalue weighted by molar-refractivity contribution is -0.144. The largest absolute Gasteiger partial charge is 0.377 e. The van der Waals surface area contributed by atoms with Crippen LogP contribution in [0.5, 0.6) is 0 Å². The van der Waals surface area contributed by atoms with Crippen molar-refractivity contribution in [2.24, 2.45) is 0 Å². The Morgan fingerprint density at radius 2 is 2.18 bits per heavy atom. The van der Waals surface area contributed by atoms with E-state index in [4.69, 9.17) is 4.74 Å². The Morgan fingerprint density at radius 3 is 2.95 bits per heavy atom. The second-order valence-electron chi connectivity index (χ2n) is 6.18. The van der Waals surface area contributed by atoms with Crippen molar-refractivity contribution in [1.82, 2.24) is 9.80 Å². The molecule has 1 amide bonds. The zero-order valence-corrected chi connectivity index (χ0v) is 13.0. The first-order valence-electron chi connectivity index (χ1n) is 8.02. The zero-order chi connectivity index (χ0) is 15.5. The summed E-state index contributed by atoms with van der Waals surface area (Å²) < 4.78 is 19.3. The molecule has 5 heteroatoms. The number of amides is 1. The van der Waals surface area contributed by atoms with E-state index in [0.717, 1.165) is 19.4 Å². The molecule has 0 N–H and O–H groups in total. The molecule has 4 nitrogen and oxygen atoms in total. The van der Waals surface area contributed by atoms with E-state index in [0.29, 0.717) is 31.9 Å². The van der Waals surface area contributed by atoms with Gasteiger partial charge in [-0.05, 0) is 32.4 Å². The molecule has 0 spiro atoms. The Hall–Kier alpha value is -1.46. The number of benzene rings is 1. The molecule has 2 atom stereocenters. The summed E-state index contributed by atoms with van der Waals surface area (Å²) in [6.45, 7) is 5.24. The zero-order valence-electron chi connectivity index (χ0n) is 13.0. The molecule has 2 aliphatic heterocycles. The summed E-state index contributed by atoms with van der Waals surface area (Å²) in [6.07, 6.45) is 1.85. The van der Waals surface area contributed by atoms with Crippen LogP contribution in [-0.2, 0) is 16.1 Å². The summed E-state index contributed by atoms with van der Waals surface area (Å²) in [5, 5.41) is 0. The van der Waals surface area contributed by atoms with Gasteiger partial charge in [-0.1, -0.05) is 18.2 Å². The van der Waals surface area contributed by atoms with E-state index in [1.54, 1.807) is 12.1 Å². The highest BCUT2D eigenvalue weighted by Gasteiger charge is 2.36. The molecule has 22 heavy (non-hydrogen) atoms. The minimum Gasteiger partial charge on any atom is -0.377 e. The van der Waals surface area contributed by atoms with Gasteiger partial charge in [0.1, 0.15) is 5.82 Å². The monoisotopic (exact) mass is 306 g/mol. The summed E-state index contributed by atoms with van der Waals surface area (Å²) in [7, 11) is 0. The Labute approximate surface area is 130 Å². The molecule has 0 radical (unpaired) electrons. The van der Waals surface area contributed by atoms with E-state index in [1.165, 1.54) is 6.07 Å². The Bertz CT molecular complexity index is 537. The molecular weight excluding hydrogens is 283 g/mol. The van der Waals surface area contributed by atoms with Crippen LogP contribution in [0.15, 0.2) is 24.3 Å². The number of ether oxygens (including phenoxy) is 1. The fraction of sp³-hybridized carbons (Fsp3) is 0.588. The van der Waals surface area contributed by atoms with Crippen LogP contribution in [0.4, 0.5) is 4.39 Å². The summed E-state index contributed by atoms with van der Waals surface area (Å²) >= 11 is 0. The first-order valence-corrected chi connectivity index (χ1v) is 8.02. The maximum absolute atomic E-state index is 13.8. The van der Waals surface area contributed by atoms with Gasteiger partial charge in [0.15, 0.2) is 0 Å². The number of carbonyl (C=O) groups excluding carboxylic acids is 1. The van der Waals surface area contributed by atoms with Gasteiger partial charge in [0.05, 0.1) is 25.3 Å². The third-order valence-electron chi connectivity index (χ3n) is 4.63. The maximum atomic E-state index is 13.8. The first kappa shape index (κ1) is 15.4. The molecule has 1 aromatic carbocycles. The highest BCUT2D eigenvalue weighted by atomic mass is 19.1. The van der Waals surface area contributed by atoms with Gasteiger partial charge in [-0.15, -0.1) is 0 Å². The van der Waals surface area contributed by atoms with Crippen LogP contribution in [-0.4, -0.2) is 54.1 Å². The van der Waals surface area contributed by atoms with E-state index in [1.807, 2.05) is 17.9 Å². The van der Waals surface area contributed by atoms with Gasteiger partial charge >= 0.3 is 0 Å². The van der Waals surface area contributed by atoms with E-state index in [-0.39, 0.29) is 23.8 Å². The molecule has 2 aliphatic rings. The minimum absolute atomic E-state index is 0.122. The smallest absolute Gasteiger partial charge is 0.240 e. The lowest BCUT2D eigenvalue weighted by Crippen LogP contribution is -2.53. The number of carbonyl (C=O) groups is 1. The van der Waals surface area contributed by atoms with E-state index in [2.05, 4.69) is 4.90 Å². The van der Waals surface area contributed by atoms with Crippen LogP contribution in [0, 0.1) is 5.82 Å². The van der Waals surface area contributed by atoms with Gasteiger partial charge < -0.3 is 9.64 Å². The van der Waals surface area contributed by atoms with Crippen molar-refractivity contribution >= 4 is 5.91 Å². The minimum atomic E-state index is -0.194. The third-order valence-corrected chi connectivity index (χ3v) is 4.63. The van der Waals surface area contributed by atoms with Crippen LogP contribution < -0.4 is 0 Å². The number of rotatable bonds is 3. The fourth-order valence-corrected chi connectivity index (χ4v) is 3.39. The van der Waals surface area contributed by atoms with Gasteiger partial charge in [-0.25, -0.2) is 4.39 Å². The average molecular weight is 306 g/mol. The van der Waals surface area contributed by atoms with Crippen molar-refractivity contribution in [2.45, 2.75) is 38.4 Å². The standard InChI is InChI=1S/C17H23FN2O2/c1-13-12-22-10-9-20(13)17(21)16-7-4-8-19(16)11-14-5-2-3-6-15(14)18/h2-3,5-6,13,16H,4,7-12H2,1H3. The number of morpholine rings is 1. The van der Waals surface area contributed by atoms with Crippen LogP contribution in [0.2, 0.25) is 0 Å². The van der Waals surface area contributed by atoms with Gasteiger partial charge in [0.25, 0.3) is 0 Å². The molecule has 120 valence electrons. The van der Waals surface area contributed by atoms with Crippen molar-refractivity contribution in [1.29, 1.82) is 0 Å². The highest BCUT2D eigenvalue weighted by molar-refractivity contribution is 5.82. The molecule has 1 aromatic rings. The average Bonchev–Trinajstić information content (AvgIpc) is 2.98. The van der Waals surface area contributed by atoms with Crippen LogP contribution in [0.3, 0.4) is 0 Å². The van der Waals surface area contributed by atoms with E-state index < -0.39 is 0 Å². The number of likely N-dealkylation sites (tertiary alicyclic amines) is 1. The topological polar surface area (TPSA) is 32.8 Å². The number of hydrogen-bond donors (Lipinski definition) is 0. The summed E-state index contributed by atoms with van der Waals surface area (Å²) in [6, 6.07) is 6.81. The van der Waals surface area contributed by atoms with Gasteiger partial charge in [0, 0.05) is 18.7 Å². The molecule has 2 saturated heterocycles. The molecule has 2 unspecified atom stereocenters. The summed E-state index contributed by atoms with van der Waals surface area (Å²) in [5.41, 5.74) is 0.664. The molecule has 2 fully saturated rings. The Morgan fingerprint density at radius 1 is 1.36 bits per heavy atom. The predicted molar refractivity (Wildman–Crippen MR) is 81.8 cm³/mol. The number of nitrogens with zero attached hydrogens (tertiary/aromatic N) is 2. The predicted octanol–water partition coefficient (Wildman–Crippen LogP) is 2.04. The normalized spacial score (nSPS) is 26.4. The molecule has 0 bridgehead atoms. The third kappa shape index (κ3) is 3.15. The van der Waals surface area contributed by atoms with Gasteiger partial charge in [-0.2, -0.15) is 0 Å². The lowest BCUT2D eigenvalue weighted by Gasteiger charge is -2.37. The number of hydrogen-bond acceptors (Lipinski definition) is 3.